The van der Waals surface area contributed by atoms with Crippen molar-refractivity contribution < 1.29 is 23.2 Å². The lowest BCUT2D eigenvalue weighted by Crippen LogP contribution is -2.48. The molecule has 36 heavy (non-hydrogen) atoms. The molecule has 0 radical (unpaired) electrons. The Morgan fingerprint density at radius 1 is 1.03 bits per heavy atom. The molecule has 9 heteroatoms. The quantitative estimate of drug-likeness (QED) is 0.398. The topological polar surface area (TPSA) is 80.9 Å². The summed E-state index contributed by atoms with van der Waals surface area (Å²) < 4.78 is 29.7. The third kappa shape index (κ3) is 4.61. The summed E-state index contributed by atoms with van der Waals surface area (Å²) in [5.74, 6) is 1.15. The molecule has 0 bridgehead atoms. The summed E-state index contributed by atoms with van der Waals surface area (Å²) in [6.07, 6.45) is 0. The van der Waals surface area contributed by atoms with E-state index >= 15 is 0 Å². The fraction of sp³-hybridized carbons (Fsp3) is 0.296. The van der Waals surface area contributed by atoms with Crippen molar-refractivity contribution in [1.29, 1.82) is 0 Å². The Bertz CT molecular complexity index is 1400. The minimum Gasteiger partial charge on any atom is -0.497 e. The van der Waals surface area contributed by atoms with Gasteiger partial charge in [-0.1, -0.05) is 5.16 Å². The van der Waals surface area contributed by atoms with Gasteiger partial charge in [-0.2, -0.15) is 0 Å². The highest BCUT2D eigenvalue weighted by Gasteiger charge is 2.27. The first kappa shape index (κ1) is 23.7. The number of piperazine rings is 1. The summed E-state index contributed by atoms with van der Waals surface area (Å²) in [4.78, 5) is 22.3. The molecule has 2 aromatic carbocycles. The fourth-order valence-corrected chi connectivity index (χ4v) is 4.56. The van der Waals surface area contributed by atoms with Crippen LogP contribution in [0.4, 0.5) is 4.39 Å². The molecular weight excluding hydrogens is 463 g/mol. The number of pyridine rings is 1. The Morgan fingerprint density at radius 3 is 2.47 bits per heavy atom. The number of carbonyl (C=O) groups excluding carboxylic acids is 1. The van der Waals surface area contributed by atoms with Crippen molar-refractivity contribution in [2.24, 2.45) is 0 Å². The normalized spacial score (nSPS) is 14.3. The second-order valence-corrected chi connectivity index (χ2v) is 8.76. The number of methoxy groups -OCH3 is 2. The van der Waals surface area contributed by atoms with Crippen molar-refractivity contribution >= 4 is 17.0 Å². The molecule has 0 N–H and O–H groups in total. The summed E-state index contributed by atoms with van der Waals surface area (Å²) in [6, 6.07) is 13.5. The molecule has 1 saturated heterocycles. The Hall–Kier alpha value is -3.98. The van der Waals surface area contributed by atoms with Gasteiger partial charge >= 0.3 is 0 Å². The second kappa shape index (κ2) is 9.94. The van der Waals surface area contributed by atoms with Gasteiger partial charge in [0, 0.05) is 43.9 Å². The van der Waals surface area contributed by atoms with E-state index in [0.29, 0.717) is 66.3 Å². The standard InChI is InChI=1S/C27H27FN4O4/c1-17-25-22(15-23(29-26(25)36-30-17)18-4-6-20(28)7-5-18)27(33)32-12-10-31(11-13-32)16-19-14-21(34-2)8-9-24(19)35-3/h4-9,14-15H,10-13,16H2,1-3H3. The van der Waals surface area contributed by atoms with Gasteiger partial charge in [-0.05, 0) is 55.5 Å². The van der Waals surface area contributed by atoms with E-state index in [1.807, 2.05) is 23.1 Å². The number of carbonyl (C=O) groups is 1. The number of nitrogens with zero attached hydrogens (tertiary/aromatic N) is 4. The molecule has 0 aliphatic carbocycles. The van der Waals surface area contributed by atoms with Gasteiger partial charge in [0.1, 0.15) is 17.3 Å². The average molecular weight is 491 g/mol. The zero-order chi connectivity index (χ0) is 25.2. The van der Waals surface area contributed by atoms with E-state index in [2.05, 4.69) is 15.0 Å². The molecule has 1 amide bonds. The van der Waals surface area contributed by atoms with E-state index < -0.39 is 0 Å². The number of hydrogen-bond donors (Lipinski definition) is 0. The van der Waals surface area contributed by atoms with E-state index in [0.717, 1.165) is 17.1 Å². The highest BCUT2D eigenvalue weighted by atomic mass is 19.1. The SMILES string of the molecule is COc1ccc(OC)c(CN2CCN(C(=O)c3cc(-c4ccc(F)cc4)nc4onc(C)c34)CC2)c1. The molecule has 3 heterocycles. The lowest BCUT2D eigenvalue weighted by Gasteiger charge is -2.35. The van der Waals surface area contributed by atoms with Gasteiger partial charge in [0.25, 0.3) is 11.6 Å². The maximum absolute atomic E-state index is 13.7. The predicted molar refractivity (Wildman–Crippen MR) is 133 cm³/mol. The third-order valence-electron chi connectivity index (χ3n) is 6.53. The Labute approximate surface area is 208 Å². The Morgan fingerprint density at radius 2 is 1.78 bits per heavy atom. The molecule has 1 aliphatic heterocycles. The van der Waals surface area contributed by atoms with E-state index in [1.165, 1.54) is 12.1 Å². The van der Waals surface area contributed by atoms with Gasteiger partial charge in [-0.15, -0.1) is 0 Å². The minimum atomic E-state index is -0.337. The van der Waals surface area contributed by atoms with Crippen LogP contribution in [0.3, 0.4) is 0 Å². The van der Waals surface area contributed by atoms with Crippen LogP contribution in [0.2, 0.25) is 0 Å². The number of benzene rings is 2. The number of rotatable bonds is 6. The molecule has 0 saturated carbocycles. The molecule has 0 spiro atoms. The van der Waals surface area contributed by atoms with Crippen molar-refractivity contribution in [1.82, 2.24) is 19.9 Å². The van der Waals surface area contributed by atoms with Crippen molar-refractivity contribution in [3.63, 3.8) is 0 Å². The number of hydrogen-bond acceptors (Lipinski definition) is 7. The molecule has 0 atom stereocenters. The monoisotopic (exact) mass is 490 g/mol. The smallest absolute Gasteiger partial charge is 0.259 e. The molecule has 0 unspecified atom stereocenters. The van der Waals surface area contributed by atoms with Crippen LogP contribution in [-0.2, 0) is 6.54 Å². The van der Waals surface area contributed by atoms with Crippen LogP contribution in [0.25, 0.3) is 22.4 Å². The lowest BCUT2D eigenvalue weighted by molar-refractivity contribution is 0.0629. The van der Waals surface area contributed by atoms with Crippen molar-refractivity contribution in [2.75, 3.05) is 40.4 Å². The first-order valence-electron chi connectivity index (χ1n) is 11.7. The molecule has 1 fully saturated rings. The Balaban J connectivity index is 1.36. The fourth-order valence-electron chi connectivity index (χ4n) is 4.56. The number of fused-ring (bicyclic) bond motifs is 1. The van der Waals surface area contributed by atoms with Crippen molar-refractivity contribution in [3.05, 3.63) is 71.2 Å². The molecule has 186 valence electrons. The van der Waals surface area contributed by atoms with Crippen LogP contribution in [0.15, 0.2) is 53.1 Å². The summed E-state index contributed by atoms with van der Waals surface area (Å²) in [7, 11) is 3.30. The van der Waals surface area contributed by atoms with E-state index in [-0.39, 0.29) is 11.7 Å². The molecule has 5 rings (SSSR count). The van der Waals surface area contributed by atoms with Crippen LogP contribution in [-0.4, -0.2) is 66.2 Å². The van der Waals surface area contributed by atoms with Crippen LogP contribution in [0, 0.1) is 12.7 Å². The third-order valence-corrected chi connectivity index (χ3v) is 6.53. The maximum Gasteiger partial charge on any atom is 0.259 e. The Kier molecular flexibility index (Phi) is 6.56. The van der Waals surface area contributed by atoms with Crippen molar-refractivity contribution in [2.45, 2.75) is 13.5 Å². The van der Waals surface area contributed by atoms with Gasteiger partial charge in [0.15, 0.2) is 0 Å². The van der Waals surface area contributed by atoms with E-state index in [9.17, 15) is 9.18 Å². The minimum absolute atomic E-state index is 0.101. The van der Waals surface area contributed by atoms with Gasteiger partial charge in [-0.25, -0.2) is 9.37 Å². The van der Waals surface area contributed by atoms with Gasteiger partial charge in [-0.3, -0.25) is 9.69 Å². The molecule has 4 aromatic rings. The van der Waals surface area contributed by atoms with Crippen LogP contribution in [0.1, 0.15) is 21.6 Å². The van der Waals surface area contributed by atoms with Crippen LogP contribution >= 0.6 is 0 Å². The highest BCUT2D eigenvalue weighted by Crippen LogP contribution is 2.29. The zero-order valence-corrected chi connectivity index (χ0v) is 20.5. The summed E-state index contributed by atoms with van der Waals surface area (Å²) >= 11 is 0. The summed E-state index contributed by atoms with van der Waals surface area (Å²) in [5.41, 5.74) is 3.65. The first-order valence-corrected chi connectivity index (χ1v) is 11.7. The number of halogens is 1. The molecule has 2 aromatic heterocycles. The highest BCUT2D eigenvalue weighted by molar-refractivity contribution is 6.07. The molecule has 8 nitrogen and oxygen atoms in total. The summed E-state index contributed by atoms with van der Waals surface area (Å²) in [5, 5.41) is 4.63. The zero-order valence-electron chi connectivity index (χ0n) is 20.5. The van der Waals surface area contributed by atoms with Crippen molar-refractivity contribution in [3.8, 4) is 22.8 Å². The second-order valence-electron chi connectivity index (χ2n) is 8.76. The number of ether oxygens (including phenoxy) is 2. The number of amides is 1. The first-order chi connectivity index (χ1) is 17.5. The molecule has 1 aliphatic rings. The molecular formula is C27H27FN4O4. The van der Waals surface area contributed by atoms with E-state index in [1.54, 1.807) is 39.3 Å². The van der Waals surface area contributed by atoms with Gasteiger partial charge in [0.2, 0.25) is 0 Å². The maximum atomic E-state index is 13.7. The largest absolute Gasteiger partial charge is 0.497 e. The van der Waals surface area contributed by atoms with Crippen LogP contribution in [0.5, 0.6) is 11.5 Å². The average Bonchev–Trinajstić information content (AvgIpc) is 3.29. The predicted octanol–water partition coefficient (Wildman–Crippen LogP) is 4.31. The number of aromatic nitrogens is 2. The lowest BCUT2D eigenvalue weighted by atomic mass is 10.0. The van der Waals surface area contributed by atoms with Gasteiger partial charge in [0.05, 0.1) is 36.6 Å². The van der Waals surface area contributed by atoms with Gasteiger partial charge < -0.3 is 18.9 Å². The van der Waals surface area contributed by atoms with E-state index in [4.69, 9.17) is 14.0 Å². The number of aryl methyl sites for hydroxylation is 1. The summed E-state index contributed by atoms with van der Waals surface area (Å²) in [6.45, 7) is 5.07. The van der Waals surface area contributed by atoms with Crippen LogP contribution < -0.4 is 9.47 Å².